The normalized spacial score (nSPS) is 16.9. The van der Waals surface area contributed by atoms with Crippen LogP contribution in [-0.4, -0.2) is 30.4 Å². The molecule has 1 N–H and O–H groups in total. The maximum absolute atomic E-state index is 12.0. The molecule has 0 atom stereocenters. The molecule has 1 amide bonds. The average Bonchev–Trinajstić information content (AvgIpc) is 2.49. The summed E-state index contributed by atoms with van der Waals surface area (Å²) in [6.07, 6.45) is 2.78. The van der Waals surface area contributed by atoms with E-state index in [9.17, 15) is 4.79 Å². The van der Waals surface area contributed by atoms with E-state index >= 15 is 0 Å². The molecule has 2 rings (SSSR count). The molecule has 1 saturated heterocycles. The average molecular weight is 329 g/mol. The Labute approximate surface area is 136 Å². The van der Waals surface area contributed by atoms with Crippen LogP contribution in [0, 0.1) is 5.92 Å². The predicted octanol–water partition coefficient (Wildman–Crippen LogP) is 3.73. The zero-order valence-electron chi connectivity index (χ0n) is 12.4. The fourth-order valence-electron chi connectivity index (χ4n) is 2.65. The van der Waals surface area contributed by atoms with Crippen LogP contribution in [0.25, 0.3) is 0 Å². The first-order chi connectivity index (χ1) is 10.1. The fourth-order valence-corrected chi connectivity index (χ4v) is 3.17. The van der Waals surface area contributed by atoms with E-state index in [1.807, 2.05) is 18.2 Å². The number of nitrogens with zero attached hydrogens (tertiary/aromatic N) is 1. The summed E-state index contributed by atoms with van der Waals surface area (Å²) in [5.41, 5.74) is 0.981. The minimum Gasteiger partial charge on any atom is -0.356 e. The maximum atomic E-state index is 12.0. The van der Waals surface area contributed by atoms with Gasteiger partial charge in [0.1, 0.15) is 0 Å². The maximum Gasteiger partial charge on any atom is 0.223 e. The van der Waals surface area contributed by atoms with E-state index in [1.165, 1.54) is 0 Å². The van der Waals surface area contributed by atoms with Crippen LogP contribution in [0.1, 0.15) is 31.7 Å². The zero-order valence-corrected chi connectivity index (χ0v) is 13.9. The Hall–Kier alpha value is -0.770. The number of piperidine rings is 1. The molecule has 21 heavy (non-hydrogen) atoms. The van der Waals surface area contributed by atoms with Gasteiger partial charge in [-0.25, -0.2) is 0 Å². The molecule has 0 saturated carbocycles. The number of amides is 1. The molecule has 1 aromatic carbocycles. The summed E-state index contributed by atoms with van der Waals surface area (Å²) in [7, 11) is 0. The third-order valence-electron chi connectivity index (χ3n) is 3.95. The molecule has 0 unspecified atom stereocenters. The predicted molar refractivity (Wildman–Crippen MR) is 87.8 cm³/mol. The fraction of sp³-hybridized carbons (Fsp3) is 0.562. The van der Waals surface area contributed by atoms with E-state index < -0.39 is 0 Å². The van der Waals surface area contributed by atoms with Gasteiger partial charge in [0.2, 0.25) is 5.91 Å². The van der Waals surface area contributed by atoms with E-state index in [1.54, 1.807) is 0 Å². The monoisotopic (exact) mass is 328 g/mol. The number of carbonyl (C=O) groups is 1. The number of halogens is 2. The van der Waals surface area contributed by atoms with Crippen LogP contribution in [0.5, 0.6) is 0 Å². The van der Waals surface area contributed by atoms with Gasteiger partial charge in [-0.3, -0.25) is 9.69 Å². The molecule has 0 spiro atoms. The van der Waals surface area contributed by atoms with E-state index in [0.29, 0.717) is 10.0 Å². The summed E-state index contributed by atoms with van der Waals surface area (Å²) in [4.78, 5) is 14.3. The van der Waals surface area contributed by atoms with Gasteiger partial charge < -0.3 is 5.32 Å². The van der Waals surface area contributed by atoms with Crippen molar-refractivity contribution in [3.05, 3.63) is 33.8 Å². The number of hydrogen-bond donors (Lipinski definition) is 1. The van der Waals surface area contributed by atoms with Gasteiger partial charge in [-0.05, 0) is 44.5 Å². The molecule has 1 heterocycles. The van der Waals surface area contributed by atoms with Gasteiger partial charge in [0.25, 0.3) is 0 Å². The molecule has 5 heteroatoms. The Kier molecular flexibility index (Phi) is 6.34. The van der Waals surface area contributed by atoms with Crippen molar-refractivity contribution in [2.45, 2.75) is 32.7 Å². The summed E-state index contributed by atoms with van der Waals surface area (Å²) >= 11 is 12.4. The van der Waals surface area contributed by atoms with Crippen molar-refractivity contribution in [1.29, 1.82) is 0 Å². The van der Waals surface area contributed by atoms with E-state index in [-0.39, 0.29) is 11.8 Å². The Bertz CT molecular complexity index is 465. The van der Waals surface area contributed by atoms with Crippen LogP contribution in [0.4, 0.5) is 0 Å². The molecule has 0 aromatic heterocycles. The van der Waals surface area contributed by atoms with Crippen molar-refractivity contribution in [2.24, 2.45) is 5.92 Å². The molecule has 116 valence electrons. The smallest absolute Gasteiger partial charge is 0.223 e. The van der Waals surface area contributed by atoms with Crippen LogP contribution in [0.2, 0.25) is 10.0 Å². The minimum atomic E-state index is 0.148. The lowest BCUT2D eigenvalue weighted by atomic mass is 9.95. The number of benzene rings is 1. The van der Waals surface area contributed by atoms with Gasteiger partial charge in [-0.2, -0.15) is 0 Å². The van der Waals surface area contributed by atoms with Crippen molar-refractivity contribution < 1.29 is 4.79 Å². The lowest BCUT2D eigenvalue weighted by molar-refractivity contribution is -0.126. The molecule has 1 fully saturated rings. The largest absolute Gasteiger partial charge is 0.356 e. The first-order valence-corrected chi connectivity index (χ1v) is 8.30. The summed E-state index contributed by atoms with van der Waals surface area (Å²) in [6.45, 7) is 5.41. The van der Waals surface area contributed by atoms with E-state index in [0.717, 1.165) is 51.0 Å². The van der Waals surface area contributed by atoms with E-state index in [2.05, 4.69) is 17.1 Å². The van der Waals surface area contributed by atoms with Gasteiger partial charge in [0.05, 0.1) is 0 Å². The quantitative estimate of drug-likeness (QED) is 0.893. The molecule has 1 aliphatic heterocycles. The summed E-state index contributed by atoms with van der Waals surface area (Å²) in [5.74, 6) is 0.349. The molecule has 0 radical (unpaired) electrons. The topological polar surface area (TPSA) is 32.3 Å². The molecular formula is C16H22Cl2N2O. The van der Waals surface area contributed by atoms with Gasteiger partial charge >= 0.3 is 0 Å². The van der Waals surface area contributed by atoms with Crippen LogP contribution in [0.3, 0.4) is 0 Å². The van der Waals surface area contributed by atoms with Gasteiger partial charge in [-0.15, -0.1) is 0 Å². The van der Waals surface area contributed by atoms with Crippen LogP contribution >= 0.6 is 23.2 Å². The number of hydrogen-bond acceptors (Lipinski definition) is 2. The third kappa shape index (κ3) is 4.60. The first kappa shape index (κ1) is 16.6. The highest BCUT2D eigenvalue weighted by Gasteiger charge is 2.25. The van der Waals surface area contributed by atoms with E-state index in [4.69, 9.17) is 23.2 Å². The highest BCUT2D eigenvalue weighted by molar-refractivity contribution is 6.35. The van der Waals surface area contributed by atoms with Crippen molar-refractivity contribution in [3.8, 4) is 0 Å². The van der Waals surface area contributed by atoms with Gasteiger partial charge in [0.15, 0.2) is 0 Å². The molecule has 3 nitrogen and oxygen atoms in total. The zero-order chi connectivity index (χ0) is 15.2. The molecule has 0 aliphatic carbocycles. The molecule has 0 bridgehead atoms. The summed E-state index contributed by atoms with van der Waals surface area (Å²) in [6, 6.07) is 5.60. The summed E-state index contributed by atoms with van der Waals surface area (Å²) < 4.78 is 0. The van der Waals surface area contributed by atoms with Crippen molar-refractivity contribution >= 4 is 29.1 Å². The third-order valence-corrected chi connectivity index (χ3v) is 4.66. The van der Waals surface area contributed by atoms with Crippen molar-refractivity contribution in [1.82, 2.24) is 10.2 Å². The van der Waals surface area contributed by atoms with Crippen LogP contribution in [0.15, 0.2) is 18.2 Å². The molecule has 1 aromatic rings. The molecular weight excluding hydrogens is 307 g/mol. The van der Waals surface area contributed by atoms with Crippen LogP contribution in [-0.2, 0) is 11.3 Å². The lowest BCUT2D eigenvalue weighted by Crippen LogP contribution is -2.40. The number of rotatable bonds is 5. The second-order valence-electron chi connectivity index (χ2n) is 5.54. The number of likely N-dealkylation sites (tertiary alicyclic amines) is 1. The number of nitrogens with one attached hydrogen (secondary N) is 1. The highest BCUT2D eigenvalue weighted by Crippen LogP contribution is 2.27. The lowest BCUT2D eigenvalue weighted by Gasteiger charge is -2.31. The van der Waals surface area contributed by atoms with Crippen molar-refractivity contribution in [3.63, 3.8) is 0 Å². The second kappa shape index (κ2) is 8.02. The Morgan fingerprint density at radius 1 is 1.29 bits per heavy atom. The Morgan fingerprint density at radius 3 is 2.48 bits per heavy atom. The number of carbonyl (C=O) groups excluding carboxylic acids is 1. The minimum absolute atomic E-state index is 0.148. The first-order valence-electron chi connectivity index (χ1n) is 7.54. The standard InChI is InChI=1S/C16H22Cl2N2O/c1-2-8-19-16(21)12-6-9-20(10-7-12)11-13-14(17)4-3-5-15(13)18/h3-5,12H,2,6-11H2,1H3,(H,19,21). The SMILES string of the molecule is CCCNC(=O)C1CCN(Cc2c(Cl)cccc2Cl)CC1. The highest BCUT2D eigenvalue weighted by atomic mass is 35.5. The Balaban J connectivity index is 1.86. The van der Waals surface area contributed by atoms with Gasteiger partial charge in [-0.1, -0.05) is 36.2 Å². The van der Waals surface area contributed by atoms with Crippen molar-refractivity contribution in [2.75, 3.05) is 19.6 Å². The van der Waals surface area contributed by atoms with Gasteiger partial charge in [0, 0.05) is 34.6 Å². The molecule has 1 aliphatic rings. The Morgan fingerprint density at radius 2 is 1.90 bits per heavy atom. The van der Waals surface area contributed by atoms with Crippen LogP contribution < -0.4 is 5.32 Å². The summed E-state index contributed by atoms with van der Waals surface area (Å²) in [5, 5.41) is 4.41. The second-order valence-corrected chi connectivity index (χ2v) is 6.36.